The van der Waals surface area contributed by atoms with E-state index in [0.717, 1.165) is 5.56 Å². The van der Waals surface area contributed by atoms with Gasteiger partial charge in [-0.3, -0.25) is 0 Å². The molecule has 0 N–H and O–H groups in total. The number of nitrogens with zero attached hydrogens (tertiary/aromatic N) is 1. The third-order valence-electron chi connectivity index (χ3n) is 4.22. The van der Waals surface area contributed by atoms with Crippen LogP contribution in [0.25, 0.3) is 0 Å². The molecule has 0 aromatic heterocycles. The van der Waals surface area contributed by atoms with Crippen molar-refractivity contribution in [2.24, 2.45) is 4.99 Å². The van der Waals surface area contributed by atoms with Gasteiger partial charge in [0.05, 0.1) is 26.9 Å². The quantitative estimate of drug-likeness (QED) is 0.753. The third-order valence-corrected chi connectivity index (χ3v) is 4.22. The molecule has 3 rings (SSSR count). The van der Waals surface area contributed by atoms with Crippen LogP contribution in [0.5, 0.6) is 5.75 Å². The number of esters is 2. The second kappa shape index (κ2) is 7.90. The summed E-state index contributed by atoms with van der Waals surface area (Å²) in [6, 6.07) is 13.0. The normalized spacial score (nSPS) is 18.3. The molecule has 7 nitrogen and oxygen atoms in total. The Morgan fingerprint density at radius 1 is 0.926 bits per heavy atom. The first-order valence-electron chi connectivity index (χ1n) is 8.22. The molecule has 0 radical (unpaired) electrons. The lowest BCUT2D eigenvalue weighted by Gasteiger charge is -2.17. The first-order valence-corrected chi connectivity index (χ1v) is 8.22. The average molecular weight is 369 g/mol. The molecule has 1 aliphatic heterocycles. The highest BCUT2D eigenvalue weighted by Crippen LogP contribution is 2.32. The Balaban J connectivity index is 1.88. The van der Waals surface area contributed by atoms with Gasteiger partial charge in [0.1, 0.15) is 5.75 Å². The number of ether oxygens (including phenoxy) is 4. The maximum atomic E-state index is 12.2. The standard InChI is InChI=1S/C20H19NO6/c1-24-15-10-8-13(9-11-15)18-21-16(20(23)26-3)17(27-18)12-4-6-14(7-5-12)19(22)25-2/h4-11,16-17H,1-3H3/t16-,17-/m0/s1. The van der Waals surface area contributed by atoms with E-state index in [2.05, 4.69) is 4.99 Å². The summed E-state index contributed by atoms with van der Waals surface area (Å²) in [7, 11) is 4.21. The lowest BCUT2D eigenvalue weighted by Crippen LogP contribution is -2.25. The number of benzene rings is 2. The minimum absolute atomic E-state index is 0.343. The smallest absolute Gasteiger partial charge is 0.337 e. The van der Waals surface area contributed by atoms with Gasteiger partial charge in [-0.15, -0.1) is 0 Å². The van der Waals surface area contributed by atoms with Crippen LogP contribution < -0.4 is 4.74 Å². The zero-order chi connectivity index (χ0) is 19.4. The van der Waals surface area contributed by atoms with Crippen molar-refractivity contribution in [2.75, 3.05) is 21.3 Å². The first-order chi connectivity index (χ1) is 13.1. The maximum absolute atomic E-state index is 12.2. The Bertz CT molecular complexity index is 857. The van der Waals surface area contributed by atoms with E-state index in [9.17, 15) is 9.59 Å². The van der Waals surface area contributed by atoms with Crippen molar-refractivity contribution >= 4 is 17.8 Å². The number of hydrogen-bond acceptors (Lipinski definition) is 7. The molecule has 1 heterocycles. The molecule has 0 spiro atoms. The molecule has 0 saturated heterocycles. The van der Waals surface area contributed by atoms with Gasteiger partial charge in [-0.2, -0.15) is 0 Å². The molecule has 27 heavy (non-hydrogen) atoms. The second-order valence-electron chi connectivity index (χ2n) is 5.78. The van der Waals surface area contributed by atoms with Crippen LogP contribution in [0.1, 0.15) is 27.6 Å². The first kappa shape index (κ1) is 18.4. The molecule has 2 atom stereocenters. The van der Waals surface area contributed by atoms with Crippen molar-refractivity contribution in [1.82, 2.24) is 0 Å². The molecular formula is C20H19NO6. The van der Waals surface area contributed by atoms with Gasteiger partial charge in [0.2, 0.25) is 5.90 Å². The van der Waals surface area contributed by atoms with E-state index in [1.165, 1.54) is 14.2 Å². The maximum Gasteiger partial charge on any atom is 0.337 e. The summed E-state index contributed by atoms with van der Waals surface area (Å²) in [6.45, 7) is 0. The molecule has 2 aromatic carbocycles. The Morgan fingerprint density at radius 2 is 1.59 bits per heavy atom. The third kappa shape index (κ3) is 3.76. The van der Waals surface area contributed by atoms with Crippen LogP contribution in [0.2, 0.25) is 0 Å². The molecule has 0 saturated carbocycles. The molecule has 0 aliphatic carbocycles. The number of hydrogen-bond donors (Lipinski definition) is 0. The van der Waals surface area contributed by atoms with Crippen LogP contribution in [-0.4, -0.2) is 45.2 Å². The van der Waals surface area contributed by atoms with Gasteiger partial charge in [0, 0.05) is 5.56 Å². The highest BCUT2D eigenvalue weighted by Gasteiger charge is 2.39. The molecule has 140 valence electrons. The van der Waals surface area contributed by atoms with Crippen LogP contribution in [0.4, 0.5) is 0 Å². The number of methoxy groups -OCH3 is 3. The molecule has 1 aliphatic rings. The van der Waals surface area contributed by atoms with Crippen LogP contribution >= 0.6 is 0 Å². The van der Waals surface area contributed by atoms with Crippen molar-refractivity contribution in [3.05, 3.63) is 65.2 Å². The minimum Gasteiger partial charge on any atom is -0.497 e. The summed E-state index contributed by atoms with van der Waals surface area (Å²) in [5.74, 6) is 0.112. The summed E-state index contributed by atoms with van der Waals surface area (Å²) in [5, 5.41) is 0. The average Bonchev–Trinajstić information content (AvgIpc) is 3.18. The summed E-state index contributed by atoms with van der Waals surface area (Å²) in [4.78, 5) is 28.2. The molecular weight excluding hydrogens is 350 g/mol. The van der Waals surface area contributed by atoms with Crippen LogP contribution in [0.3, 0.4) is 0 Å². The summed E-state index contributed by atoms with van der Waals surface area (Å²) in [6.07, 6.45) is -0.652. The predicted molar refractivity (Wildman–Crippen MR) is 96.9 cm³/mol. The Kier molecular flexibility index (Phi) is 5.40. The number of carbonyl (C=O) groups excluding carboxylic acids is 2. The van der Waals surface area contributed by atoms with E-state index in [0.29, 0.717) is 22.8 Å². The number of rotatable bonds is 5. The fourth-order valence-electron chi connectivity index (χ4n) is 2.76. The Morgan fingerprint density at radius 3 is 2.15 bits per heavy atom. The molecule has 2 aromatic rings. The van der Waals surface area contributed by atoms with Crippen molar-refractivity contribution in [3.63, 3.8) is 0 Å². The van der Waals surface area contributed by atoms with E-state index >= 15 is 0 Å². The highest BCUT2D eigenvalue weighted by atomic mass is 16.5. The fraction of sp³-hybridized carbons (Fsp3) is 0.250. The predicted octanol–water partition coefficient (Wildman–Crippen LogP) is 2.54. The summed E-state index contributed by atoms with van der Waals surface area (Å²) < 4.78 is 20.7. The van der Waals surface area contributed by atoms with Gasteiger partial charge < -0.3 is 18.9 Å². The zero-order valence-electron chi connectivity index (χ0n) is 15.2. The Hall–Kier alpha value is -3.35. The van der Waals surface area contributed by atoms with E-state index in [4.69, 9.17) is 18.9 Å². The molecule has 0 unspecified atom stereocenters. The highest BCUT2D eigenvalue weighted by molar-refractivity contribution is 5.98. The summed E-state index contributed by atoms with van der Waals surface area (Å²) >= 11 is 0. The van der Waals surface area contributed by atoms with E-state index < -0.39 is 24.1 Å². The second-order valence-corrected chi connectivity index (χ2v) is 5.78. The molecule has 7 heteroatoms. The van der Waals surface area contributed by atoms with Gasteiger partial charge in [0.25, 0.3) is 0 Å². The van der Waals surface area contributed by atoms with Gasteiger partial charge in [0.15, 0.2) is 12.1 Å². The molecule has 0 bridgehead atoms. The van der Waals surface area contributed by atoms with Crippen molar-refractivity contribution < 1.29 is 28.5 Å². The number of aliphatic imine (C=N–C) groups is 1. The van der Waals surface area contributed by atoms with E-state index in [-0.39, 0.29) is 0 Å². The van der Waals surface area contributed by atoms with Crippen LogP contribution in [-0.2, 0) is 19.0 Å². The SMILES string of the molecule is COC(=O)c1ccc([C@@H]2OC(c3ccc(OC)cc3)=N[C@@H]2C(=O)OC)cc1. The van der Waals surface area contributed by atoms with Gasteiger partial charge in [-0.05, 0) is 42.0 Å². The zero-order valence-corrected chi connectivity index (χ0v) is 15.2. The van der Waals surface area contributed by atoms with Gasteiger partial charge >= 0.3 is 11.9 Å². The monoisotopic (exact) mass is 369 g/mol. The van der Waals surface area contributed by atoms with Crippen molar-refractivity contribution in [2.45, 2.75) is 12.1 Å². The largest absolute Gasteiger partial charge is 0.497 e. The minimum atomic E-state index is -0.837. The summed E-state index contributed by atoms with van der Waals surface area (Å²) in [5.41, 5.74) is 1.83. The Labute approximate surface area is 156 Å². The molecule has 0 amide bonds. The van der Waals surface area contributed by atoms with Crippen molar-refractivity contribution in [1.29, 1.82) is 0 Å². The van der Waals surface area contributed by atoms with E-state index in [1.807, 2.05) is 0 Å². The van der Waals surface area contributed by atoms with Gasteiger partial charge in [-0.25, -0.2) is 14.6 Å². The van der Waals surface area contributed by atoms with Crippen LogP contribution in [0, 0.1) is 0 Å². The molecule has 0 fully saturated rings. The van der Waals surface area contributed by atoms with E-state index in [1.54, 1.807) is 55.6 Å². The number of carbonyl (C=O) groups is 2. The lowest BCUT2D eigenvalue weighted by molar-refractivity contribution is -0.143. The van der Waals surface area contributed by atoms with Crippen LogP contribution in [0.15, 0.2) is 53.5 Å². The fourth-order valence-corrected chi connectivity index (χ4v) is 2.76. The van der Waals surface area contributed by atoms with Crippen molar-refractivity contribution in [3.8, 4) is 5.75 Å². The lowest BCUT2D eigenvalue weighted by atomic mass is 10.0. The van der Waals surface area contributed by atoms with Gasteiger partial charge in [-0.1, -0.05) is 12.1 Å². The topological polar surface area (TPSA) is 83.4 Å².